The van der Waals surface area contributed by atoms with E-state index in [1.807, 2.05) is 0 Å². The van der Waals surface area contributed by atoms with Gasteiger partial charge in [-0.15, -0.1) is 12.3 Å². The van der Waals surface area contributed by atoms with E-state index in [0.717, 1.165) is 12.1 Å². The van der Waals surface area contributed by atoms with Gasteiger partial charge in [-0.25, -0.2) is 13.6 Å². The van der Waals surface area contributed by atoms with Gasteiger partial charge >= 0.3 is 5.97 Å². The number of nitrogens with one attached hydrogen (secondary N) is 1. The Bertz CT molecular complexity index is 537. The van der Waals surface area contributed by atoms with Gasteiger partial charge in [0.2, 0.25) is 5.91 Å². The average molecular weight is 267 g/mol. The molecule has 19 heavy (non-hydrogen) atoms. The van der Waals surface area contributed by atoms with E-state index in [1.54, 1.807) is 0 Å². The number of aliphatic carboxylic acids is 1. The molecule has 6 heteroatoms. The number of terminal acetylenes is 1. The summed E-state index contributed by atoms with van der Waals surface area (Å²) in [6, 6.07) is 1.57. The van der Waals surface area contributed by atoms with Gasteiger partial charge in [0, 0.05) is 12.5 Å². The maximum absolute atomic E-state index is 13.3. The molecule has 1 amide bonds. The standard InChI is InChI=1S/C13H11F2NO3/c1-2-3-11(13(18)19)16-12(17)6-8-4-5-9(14)7-10(8)15/h1,4-5,7,11H,3,6H2,(H,16,17)(H,18,19). The van der Waals surface area contributed by atoms with Crippen LogP contribution in [0, 0.1) is 24.0 Å². The van der Waals surface area contributed by atoms with Crippen molar-refractivity contribution in [3.8, 4) is 12.3 Å². The minimum Gasteiger partial charge on any atom is -0.480 e. The van der Waals surface area contributed by atoms with E-state index in [9.17, 15) is 18.4 Å². The molecule has 2 N–H and O–H groups in total. The van der Waals surface area contributed by atoms with Crippen LogP contribution in [-0.4, -0.2) is 23.0 Å². The molecular weight excluding hydrogens is 256 g/mol. The van der Waals surface area contributed by atoms with Crippen molar-refractivity contribution in [1.82, 2.24) is 5.32 Å². The number of benzene rings is 1. The summed E-state index contributed by atoms with van der Waals surface area (Å²) < 4.78 is 25.9. The third kappa shape index (κ3) is 4.39. The van der Waals surface area contributed by atoms with E-state index >= 15 is 0 Å². The summed E-state index contributed by atoms with van der Waals surface area (Å²) in [6.45, 7) is 0. The molecule has 0 fully saturated rings. The molecule has 0 aliphatic carbocycles. The zero-order valence-corrected chi connectivity index (χ0v) is 9.82. The van der Waals surface area contributed by atoms with Crippen LogP contribution in [0.4, 0.5) is 8.78 Å². The third-order valence-corrected chi connectivity index (χ3v) is 2.32. The Balaban J connectivity index is 2.69. The van der Waals surface area contributed by atoms with Crippen LogP contribution in [0.5, 0.6) is 0 Å². The second-order valence-corrected chi connectivity index (χ2v) is 3.78. The summed E-state index contributed by atoms with van der Waals surface area (Å²) in [5.74, 6) is -1.47. The second-order valence-electron chi connectivity index (χ2n) is 3.78. The first kappa shape index (κ1) is 14.6. The monoisotopic (exact) mass is 267 g/mol. The molecular formula is C13H11F2NO3. The maximum Gasteiger partial charge on any atom is 0.327 e. The highest BCUT2D eigenvalue weighted by Gasteiger charge is 2.19. The molecule has 0 saturated heterocycles. The van der Waals surface area contributed by atoms with Crippen molar-refractivity contribution in [2.75, 3.05) is 0 Å². The largest absolute Gasteiger partial charge is 0.480 e. The lowest BCUT2D eigenvalue weighted by atomic mass is 10.1. The molecule has 0 aromatic heterocycles. The summed E-state index contributed by atoms with van der Waals surface area (Å²) in [4.78, 5) is 22.3. The van der Waals surface area contributed by atoms with Gasteiger partial charge in [-0.2, -0.15) is 0 Å². The van der Waals surface area contributed by atoms with Crippen molar-refractivity contribution in [1.29, 1.82) is 0 Å². The van der Waals surface area contributed by atoms with E-state index in [-0.39, 0.29) is 18.4 Å². The molecule has 0 heterocycles. The van der Waals surface area contributed by atoms with Crippen molar-refractivity contribution in [2.24, 2.45) is 0 Å². The van der Waals surface area contributed by atoms with Gasteiger partial charge in [-0.1, -0.05) is 6.07 Å². The first-order valence-electron chi connectivity index (χ1n) is 5.33. The van der Waals surface area contributed by atoms with Crippen molar-refractivity contribution in [2.45, 2.75) is 18.9 Å². The molecule has 1 rings (SSSR count). The van der Waals surface area contributed by atoms with Crippen molar-refractivity contribution < 1.29 is 23.5 Å². The molecule has 0 saturated carbocycles. The fraction of sp³-hybridized carbons (Fsp3) is 0.231. The number of hydrogen-bond donors (Lipinski definition) is 2. The fourth-order valence-electron chi connectivity index (χ4n) is 1.40. The number of amides is 1. The van der Waals surface area contributed by atoms with Crippen LogP contribution >= 0.6 is 0 Å². The quantitative estimate of drug-likeness (QED) is 0.785. The predicted molar refractivity (Wildman–Crippen MR) is 63.1 cm³/mol. The van der Waals surface area contributed by atoms with Crippen LogP contribution < -0.4 is 5.32 Å². The number of carboxylic acid groups (broad SMARTS) is 1. The van der Waals surface area contributed by atoms with E-state index in [1.165, 1.54) is 0 Å². The van der Waals surface area contributed by atoms with Gasteiger partial charge in [0.1, 0.15) is 17.7 Å². The molecule has 0 aliphatic rings. The van der Waals surface area contributed by atoms with Gasteiger partial charge in [0.15, 0.2) is 0 Å². The molecule has 100 valence electrons. The molecule has 1 aromatic carbocycles. The topological polar surface area (TPSA) is 66.4 Å². The molecule has 0 spiro atoms. The van der Waals surface area contributed by atoms with Crippen molar-refractivity contribution in [3.63, 3.8) is 0 Å². The van der Waals surface area contributed by atoms with Crippen LogP contribution in [0.2, 0.25) is 0 Å². The highest BCUT2D eigenvalue weighted by Crippen LogP contribution is 2.10. The highest BCUT2D eigenvalue weighted by atomic mass is 19.1. The van der Waals surface area contributed by atoms with E-state index < -0.39 is 29.6 Å². The van der Waals surface area contributed by atoms with Gasteiger partial charge in [0.05, 0.1) is 6.42 Å². The summed E-state index contributed by atoms with van der Waals surface area (Å²) in [5, 5.41) is 10.9. The lowest BCUT2D eigenvalue weighted by Crippen LogP contribution is -2.41. The molecule has 1 aromatic rings. The number of hydrogen-bond acceptors (Lipinski definition) is 2. The Morgan fingerprint density at radius 1 is 1.42 bits per heavy atom. The molecule has 0 aliphatic heterocycles. The van der Waals surface area contributed by atoms with Crippen LogP contribution in [0.3, 0.4) is 0 Å². The van der Waals surface area contributed by atoms with Gasteiger partial charge in [0.25, 0.3) is 0 Å². The Kier molecular flexibility index (Phi) is 5.01. The van der Waals surface area contributed by atoms with Crippen LogP contribution in [0.15, 0.2) is 18.2 Å². The minimum atomic E-state index is -1.27. The SMILES string of the molecule is C#CCC(NC(=O)Cc1ccc(F)cc1F)C(=O)O. The Morgan fingerprint density at radius 3 is 2.63 bits per heavy atom. The third-order valence-electron chi connectivity index (χ3n) is 2.32. The zero-order chi connectivity index (χ0) is 14.4. The van der Waals surface area contributed by atoms with Gasteiger partial charge in [-0.05, 0) is 11.6 Å². The van der Waals surface area contributed by atoms with Crippen LogP contribution in [-0.2, 0) is 16.0 Å². The summed E-state index contributed by atoms with van der Waals surface area (Å²) in [6.07, 6.45) is 4.41. The van der Waals surface area contributed by atoms with Crippen molar-refractivity contribution >= 4 is 11.9 Å². The van der Waals surface area contributed by atoms with Crippen LogP contribution in [0.1, 0.15) is 12.0 Å². The molecule has 1 unspecified atom stereocenters. The Morgan fingerprint density at radius 2 is 2.11 bits per heavy atom. The van der Waals surface area contributed by atoms with Gasteiger partial charge < -0.3 is 10.4 Å². The number of carbonyl (C=O) groups is 2. The number of rotatable bonds is 5. The zero-order valence-electron chi connectivity index (χ0n) is 9.82. The maximum atomic E-state index is 13.3. The second kappa shape index (κ2) is 6.50. The first-order valence-corrected chi connectivity index (χ1v) is 5.33. The lowest BCUT2D eigenvalue weighted by Gasteiger charge is -2.12. The number of carbonyl (C=O) groups excluding carboxylic acids is 1. The molecule has 0 radical (unpaired) electrons. The highest BCUT2D eigenvalue weighted by molar-refractivity contribution is 5.85. The fourth-order valence-corrected chi connectivity index (χ4v) is 1.40. The molecule has 0 bridgehead atoms. The normalized spacial score (nSPS) is 11.4. The average Bonchev–Trinajstić information content (AvgIpc) is 2.32. The first-order chi connectivity index (χ1) is 8.93. The van der Waals surface area contributed by atoms with Crippen LogP contribution in [0.25, 0.3) is 0 Å². The van der Waals surface area contributed by atoms with E-state index in [0.29, 0.717) is 6.07 Å². The molecule has 4 nitrogen and oxygen atoms in total. The smallest absolute Gasteiger partial charge is 0.327 e. The Labute approximate surface area is 108 Å². The van der Waals surface area contributed by atoms with E-state index in [4.69, 9.17) is 11.5 Å². The molecule has 1 atom stereocenters. The minimum absolute atomic E-state index is 0.0243. The van der Waals surface area contributed by atoms with Gasteiger partial charge in [-0.3, -0.25) is 4.79 Å². The lowest BCUT2D eigenvalue weighted by molar-refractivity contribution is -0.141. The summed E-state index contributed by atoms with van der Waals surface area (Å²) >= 11 is 0. The van der Waals surface area contributed by atoms with E-state index in [2.05, 4.69) is 11.2 Å². The Hall–Kier alpha value is -2.42. The number of halogens is 2. The summed E-state index contributed by atoms with van der Waals surface area (Å²) in [5.41, 5.74) is -0.0243. The summed E-state index contributed by atoms with van der Waals surface area (Å²) in [7, 11) is 0. The predicted octanol–water partition coefficient (Wildman–Crippen LogP) is 1.10. The number of carboxylic acids is 1. The van der Waals surface area contributed by atoms with Crippen molar-refractivity contribution in [3.05, 3.63) is 35.4 Å².